The standard InChI is InChI=1S/C14H16N4O2/c1-9(11-5-3-4-8-16-11)17-13-10(15)6-7-12(18-13)14(19)20-2/h3-9H,15H2,1-2H3,(H,17,18). The third kappa shape index (κ3) is 3.03. The summed E-state index contributed by atoms with van der Waals surface area (Å²) in [7, 11) is 1.31. The van der Waals surface area contributed by atoms with E-state index in [4.69, 9.17) is 5.73 Å². The molecule has 0 saturated carbocycles. The fourth-order valence-corrected chi connectivity index (χ4v) is 1.71. The van der Waals surface area contributed by atoms with Crippen molar-refractivity contribution in [3.05, 3.63) is 47.9 Å². The number of ether oxygens (including phenoxy) is 1. The Kier molecular flexibility index (Phi) is 4.14. The van der Waals surface area contributed by atoms with Crippen LogP contribution >= 0.6 is 0 Å². The van der Waals surface area contributed by atoms with Gasteiger partial charge in [-0.05, 0) is 31.2 Å². The van der Waals surface area contributed by atoms with Gasteiger partial charge in [0.25, 0.3) is 0 Å². The Morgan fingerprint density at radius 2 is 2.15 bits per heavy atom. The van der Waals surface area contributed by atoms with Gasteiger partial charge < -0.3 is 15.8 Å². The number of methoxy groups -OCH3 is 1. The molecule has 2 aromatic rings. The molecule has 3 N–H and O–H groups in total. The first-order chi connectivity index (χ1) is 9.61. The molecule has 0 fully saturated rings. The Morgan fingerprint density at radius 3 is 2.80 bits per heavy atom. The average molecular weight is 272 g/mol. The van der Waals surface area contributed by atoms with E-state index < -0.39 is 5.97 Å². The van der Waals surface area contributed by atoms with Gasteiger partial charge in [0, 0.05) is 6.20 Å². The fraction of sp³-hybridized carbons (Fsp3) is 0.214. The van der Waals surface area contributed by atoms with Crippen LogP contribution in [-0.2, 0) is 4.74 Å². The summed E-state index contributed by atoms with van der Waals surface area (Å²) in [5, 5.41) is 3.14. The molecule has 0 amide bonds. The van der Waals surface area contributed by atoms with Crippen molar-refractivity contribution in [2.24, 2.45) is 0 Å². The molecule has 6 nitrogen and oxygen atoms in total. The van der Waals surface area contributed by atoms with Crippen molar-refractivity contribution in [1.29, 1.82) is 0 Å². The number of nitrogens with one attached hydrogen (secondary N) is 1. The lowest BCUT2D eigenvalue weighted by Gasteiger charge is -2.15. The van der Waals surface area contributed by atoms with Gasteiger partial charge in [0.2, 0.25) is 0 Å². The Morgan fingerprint density at radius 1 is 1.35 bits per heavy atom. The first-order valence-electron chi connectivity index (χ1n) is 6.14. The van der Waals surface area contributed by atoms with Gasteiger partial charge in [-0.25, -0.2) is 9.78 Å². The van der Waals surface area contributed by atoms with Gasteiger partial charge in [0.1, 0.15) is 0 Å². The zero-order valence-electron chi connectivity index (χ0n) is 11.3. The summed E-state index contributed by atoms with van der Waals surface area (Å²) in [6.45, 7) is 1.94. The predicted octanol–water partition coefficient (Wildman–Crippen LogP) is 2.02. The highest BCUT2D eigenvalue weighted by atomic mass is 16.5. The molecule has 0 aliphatic heterocycles. The molecular formula is C14H16N4O2. The fourth-order valence-electron chi connectivity index (χ4n) is 1.71. The van der Waals surface area contributed by atoms with E-state index in [0.29, 0.717) is 11.5 Å². The van der Waals surface area contributed by atoms with E-state index in [1.54, 1.807) is 12.3 Å². The summed E-state index contributed by atoms with van der Waals surface area (Å²) in [6.07, 6.45) is 1.72. The third-order valence-corrected chi connectivity index (χ3v) is 2.81. The van der Waals surface area contributed by atoms with Gasteiger partial charge in [-0.15, -0.1) is 0 Å². The lowest BCUT2D eigenvalue weighted by Crippen LogP contribution is -2.13. The number of hydrogen-bond acceptors (Lipinski definition) is 6. The average Bonchev–Trinajstić information content (AvgIpc) is 2.49. The smallest absolute Gasteiger partial charge is 0.356 e. The summed E-state index contributed by atoms with van der Waals surface area (Å²) in [5.41, 5.74) is 7.38. The molecule has 2 rings (SSSR count). The number of nitrogen functional groups attached to an aromatic ring is 1. The quantitative estimate of drug-likeness (QED) is 0.827. The van der Waals surface area contributed by atoms with Crippen LogP contribution in [0.2, 0.25) is 0 Å². The van der Waals surface area contributed by atoms with Crippen molar-refractivity contribution in [2.45, 2.75) is 13.0 Å². The summed E-state index contributed by atoms with van der Waals surface area (Å²) < 4.78 is 4.64. The second-order valence-corrected chi connectivity index (χ2v) is 4.25. The normalized spacial score (nSPS) is 11.7. The van der Waals surface area contributed by atoms with Crippen LogP contribution in [0.25, 0.3) is 0 Å². The number of pyridine rings is 2. The molecule has 0 saturated heterocycles. The maximum Gasteiger partial charge on any atom is 0.356 e. The van der Waals surface area contributed by atoms with E-state index in [1.807, 2.05) is 25.1 Å². The predicted molar refractivity (Wildman–Crippen MR) is 76.3 cm³/mol. The lowest BCUT2D eigenvalue weighted by atomic mass is 10.2. The van der Waals surface area contributed by atoms with Crippen LogP contribution in [-0.4, -0.2) is 23.0 Å². The van der Waals surface area contributed by atoms with Gasteiger partial charge in [0.15, 0.2) is 11.5 Å². The van der Waals surface area contributed by atoms with E-state index in [-0.39, 0.29) is 11.7 Å². The van der Waals surface area contributed by atoms with Gasteiger partial charge in [-0.3, -0.25) is 4.98 Å². The van der Waals surface area contributed by atoms with E-state index in [2.05, 4.69) is 20.0 Å². The van der Waals surface area contributed by atoms with Crippen LogP contribution < -0.4 is 11.1 Å². The van der Waals surface area contributed by atoms with Gasteiger partial charge in [-0.2, -0.15) is 0 Å². The lowest BCUT2D eigenvalue weighted by molar-refractivity contribution is 0.0594. The Balaban J connectivity index is 2.22. The molecule has 0 aliphatic rings. The minimum Gasteiger partial charge on any atom is -0.464 e. The van der Waals surface area contributed by atoms with Gasteiger partial charge in [0.05, 0.1) is 24.5 Å². The molecule has 2 heterocycles. The number of carbonyl (C=O) groups is 1. The molecule has 0 bridgehead atoms. The summed E-state index contributed by atoms with van der Waals surface area (Å²) in [4.78, 5) is 19.9. The van der Waals surface area contributed by atoms with Crippen LogP contribution in [0.1, 0.15) is 29.1 Å². The van der Waals surface area contributed by atoms with E-state index in [1.165, 1.54) is 13.2 Å². The maximum atomic E-state index is 11.5. The second kappa shape index (κ2) is 6.01. The number of nitrogens with zero attached hydrogens (tertiary/aromatic N) is 2. The van der Waals surface area contributed by atoms with Gasteiger partial charge in [-0.1, -0.05) is 6.07 Å². The molecule has 0 aromatic carbocycles. The van der Waals surface area contributed by atoms with Gasteiger partial charge >= 0.3 is 5.97 Å². The van der Waals surface area contributed by atoms with E-state index >= 15 is 0 Å². The molecule has 1 atom stereocenters. The number of esters is 1. The van der Waals surface area contributed by atoms with Crippen molar-refractivity contribution < 1.29 is 9.53 Å². The highest BCUT2D eigenvalue weighted by Crippen LogP contribution is 2.21. The number of nitrogens with two attached hydrogens (primary N) is 1. The molecule has 0 radical (unpaired) electrons. The number of carbonyl (C=O) groups excluding carboxylic acids is 1. The molecular weight excluding hydrogens is 256 g/mol. The van der Waals surface area contributed by atoms with Crippen LogP contribution in [0, 0.1) is 0 Å². The Bertz CT molecular complexity index is 601. The molecule has 2 aromatic heterocycles. The molecule has 0 spiro atoms. The van der Waals surface area contributed by atoms with Crippen LogP contribution in [0.5, 0.6) is 0 Å². The highest BCUT2D eigenvalue weighted by Gasteiger charge is 2.13. The Hall–Kier alpha value is -2.63. The second-order valence-electron chi connectivity index (χ2n) is 4.25. The first-order valence-corrected chi connectivity index (χ1v) is 6.14. The van der Waals surface area contributed by atoms with E-state index in [0.717, 1.165) is 5.69 Å². The largest absolute Gasteiger partial charge is 0.464 e. The number of aromatic nitrogens is 2. The molecule has 104 valence electrons. The van der Waals surface area contributed by atoms with Crippen LogP contribution in [0.15, 0.2) is 36.5 Å². The van der Waals surface area contributed by atoms with Crippen molar-refractivity contribution in [1.82, 2.24) is 9.97 Å². The number of hydrogen-bond donors (Lipinski definition) is 2. The molecule has 6 heteroatoms. The number of anilines is 2. The van der Waals surface area contributed by atoms with Crippen molar-refractivity contribution in [2.75, 3.05) is 18.2 Å². The third-order valence-electron chi connectivity index (χ3n) is 2.81. The topological polar surface area (TPSA) is 90.1 Å². The first kappa shape index (κ1) is 13.8. The highest BCUT2D eigenvalue weighted by molar-refractivity contribution is 5.88. The van der Waals surface area contributed by atoms with Crippen molar-refractivity contribution >= 4 is 17.5 Å². The van der Waals surface area contributed by atoms with Crippen molar-refractivity contribution in [3.63, 3.8) is 0 Å². The molecule has 0 aliphatic carbocycles. The summed E-state index contributed by atoms with van der Waals surface area (Å²) in [5.74, 6) is -0.0652. The molecule has 1 unspecified atom stereocenters. The number of rotatable bonds is 4. The zero-order valence-corrected chi connectivity index (χ0v) is 11.3. The summed E-state index contributed by atoms with van der Waals surface area (Å²) >= 11 is 0. The summed E-state index contributed by atoms with van der Waals surface area (Å²) in [6, 6.07) is 8.71. The zero-order chi connectivity index (χ0) is 14.5. The SMILES string of the molecule is COC(=O)c1ccc(N)c(NC(C)c2ccccn2)n1. The molecule has 20 heavy (non-hydrogen) atoms. The van der Waals surface area contributed by atoms with Crippen molar-refractivity contribution in [3.8, 4) is 0 Å². The minimum atomic E-state index is -0.501. The minimum absolute atomic E-state index is 0.0844. The van der Waals surface area contributed by atoms with Crippen LogP contribution in [0.3, 0.4) is 0 Å². The monoisotopic (exact) mass is 272 g/mol. The van der Waals surface area contributed by atoms with E-state index in [9.17, 15) is 4.79 Å². The van der Waals surface area contributed by atoms with Crippen LogP contribution in [0.4, 0.5) is 11.5 Å². The Labute approximate surface area is 117 Å². The maximum absolute atomic E-state index is 11.5.